The van der Waals surface area contributed by atoms with Crippen LogP contribution in [0.4, 0.5) is 0 Å². The Labute approximate surface area is 138 Å². The second kappa shape index (κ2) is 31.7. The zero-order chi connectivity index (χ0) is 16.6. The lowest BCUT2D eigenvalue weighted by Gasteiger charge is -1.97. The van der Waals surface area contributed by atoms with Gasteiger partial charge in [-0.05, 0) is 38.5 Å². The van der Waals surface area contributed by atoms with Crippen molar-refractivity contribution in [1.29, 1.82) is 0 Å². The Hall–Kier alpha value is -0.560. The Morgan fingerprint density at radius 3 is 1.52 bits per heavy atom. The topological polar surface area (TPSA) is 69.9 Å². The highest BCUT2D eigenvalue weighted by molar-refractivity contribution is 9.09. The van der Waals surface area contributed by atoms with Crippen molar-refractivity contribution in [2.24, 2.45) is 0 Å². The molecule has 0 aliphatic heterocycles. The van der Waals surface area contributed by atoms with Gasteiger partial charge in [0.15, 0.2) is 0 Å². The van der Waals surface area contributed by atoms with Crippen molar-refractivity contribution < 1.29 is 20.1 Å². The normalized spacial score (nSPS) is 8.48. The molecule has 0 radical (unpaired) electrons. The molecule has 21 heavy (non-hydrogen) atoms. The molecule has 0 aromatic carbocycles. The number of aliphatic hydroxyl groups excluding tert-OH is 3. The van der Waals surface area contributed by atoms with E-state index in [1.807, 2.05) is 0 Å². The van der Waals surface area contributed by atoms with Crippen LogP contribution in [0.3, 0.4) is 0 Å². The Morgan fingerprint density at radius 2 is 1.19 bits per heavy atom. The van der Waals surface area contributed by atoms with Crippen molar-refractivity contribution in [3.05, 3.63) is 0 Å². The highest BCUT2D eigenvalue weighted by Crippen LogP contribution is 1.93. The quantitative estimate of drug-likeness (QED) is 0.315. The maximum atomic E-state index is 8.40. The molecule has 0 rings (SSSR count). The molecule has 0 aromatic heterocycles. The van der Waals surface area contributed by atoms with Crippen LogP contribution in [0.25, 0.3) is 0 Å². The maximum Gasteiger partial charge on any atom is 0.107 e. The number of terminal acetylenes is 2. The average molecular weight is 365 g/mol. The molecule has 0 amide bonds. The highest BCUT2D eigenvalue weighted by Gasteiger charge is 1.86. The first-order valence-corrected chi connectivity index (χ1v) is 8.20. The fourth-order valence-corrected chi connectivity index (χ4v) is 1.02. The molecule has 4 nitrogen and oxygen atoms in total. The zero-order valence-corrected chi connectivity index (χ0v) is 14.4. The molecule has 0 fully saturated rings. The minimum absolute atomic E-state index is 0.250. The van der Waals surface area contributed by atoms with E-state index in [-0.39, 0.29) is 19.8 Å². The van der Waals surface area contributed by atoms with E-state index in [1.54, 1.807) is 0 Å². The van der Waals surface area contributed by atoms with Crippen LogP contribution in [-0.4, -0.2) is 53.7 Å². The lowest BCUT2D eigenvalue weighted by molar-refractivity contribution is 0.159. The Kier molecular flexibility index (Phi) is 38.3. The number of halogens is 1. The first-order chi connectivity index (χ1) is 10.2. The van der Waals surface area contributed by atoms with Gasteiger partial charge in [-0.15, -0.1) is 12.8 Å². The molecule has 124 valence electrons. The molecule has 0 bridgehead atoms. The molecule has 0 unspecified atom stereocenters. The Morgan fingerprint density at radius 1 is 0.762 bits per heavy atom. The summed E-state index contributed by atoms with van der Waals surface area (Å²) in [6, 6.07) is 0. The Balaban J connectivity index is -0.000000256. The largest absolute Gasteiger partial charge is 0.396 e. The van der Waals surface area contributed by atoms with Crippen LogP contribution in [0.2, 0.25) is 0 Å². The number of aliphatic hydroxyl groups is 3. The van der Waals surface area contributed by atoms with Gasteiger partial charge >= 0.3 is 0 Å². The molecule has 0 spiro atoms. The first-order valence-electron chi connectivity index (χ1n) is 7.08. The summed E-state index contributed by atoms with van der Waals surface area (Å²) in [5.41, 5.74) is 0. The van der Waals surface area contributed by atoms with Gasteiger partial charge in [-0.3, -0.25) is 0 Å². The van der Waals surface area contributed by atoms with Crippen molar-refractivity contribution in [2.75, 3.05) is 38.4 Å². The SMILES string of the molecule is C#CCBr.C#CCOCCCCCO.OCCCCCO. The van der Waals surface area contributed by atoms with Crippen molar-refractivity contribution >= 4 is 15.9 Å². The van der Waals surface area contributed by atoms with E-state index in [0.717, 1.165) is 38.5 Å². The minimum atomic E-state index is 0.250. The zero-order valence-electron chi connectivity index (χ0n) is 12.8. The van der Waals surface area contributed by atoms with E-state index >= 15 is 0 Å². The van der Waals surface area contributed by atoms with Gasteiger partial charge in [0.2, 0.25) is 0 Å². The van der Waals surface area contributed by atoms with E-state index in [0.29, 0.717) is 18.5 Å². The summed E-state index contributed by atoms with van der Waals surface area (Å²) < 4.78 is 5.01. The number of rotatable bonds is 10. The van der Waals surface area contributed by atoms with Gasteiger partial charge in [0.05, 0.1) is 5.33 Å². The minimum Gasteiger partial charge on any atom is -0.396 e. The first kappa shape index (κ1) is 25.4. The van der Waals surface area contributed by atoms with Gasteiger partial charge in [0.1, 0.15) is 6.61 Å². The number of alkyl halides is 1. The molecular formula is C16H29BrO4. The van der Waals surface area contributed by atoms with Gasteiger partial charge in [-0.2, -0.15) is 0 Å². The summed E-state index contributed by atoms with van der Waals surface area (Å²) in [5.74, 6) is 4.73. The average Bonchev–Trinajstić information content (AvgIpc) is 2.52. The molecule has 0 saturated carbocycles. The van der Waals surface area contributed by atoms with Gasteiger partial charge in [-0.1, -0.05) is 27.8 Å². The summed E-state index contributed by atoms with van der Waals surface area (Å²) in [6.07, 6.45) is 15.1. The van der Waals surface area contributed by atoms with E-state index in [9.17, 15) is 0 Å². The number of hydrogen-bond acceptors (Lipinski definition) is 4. The molecule has 0 aromatic rings. The fraction of sp³-hybridized carbons (Fsp3) is 0.750. The van der Waals surface area contributed by atoms with Crippen LogP contribution in [0.15, 0.2) is 0 Å². The van der Waals surface area contributed by atoms with Crippen LogP contribution in [0, 0.1) is 24.7 Å². The summed E-state index contributed by atoms with van der Waals surface area (Å²) in [6.45, 7) is 1.89. The predicted octanol–water partition coefficient (Wildman–Crippen LogP) is 1.95. The summed E-state index contributed by atoms with van der Waals surface area (Å²) in [4.78, 5) is 0. The van der Waals surface area contributed by atoms with Gasteiger partial charge in [0.25, 0.3) is 0 Å². The van der Waals surface area contributed by atoms with Gasteiger partial charge < -0.3 is 20.1 Å². The molecule has 0 atom stereocenters. The van der Waals surface area contributed by atoms with Crippen molar-refractivity contribution in [1.82, 2.24) is 0 Å². The number of unbranched alkanes of at least 4 members (excludes halogenated alkanes) is 4. The molecule has 0 saturated heterocycles. The predicted molar refractivity (Wildman–Crippen MR) is 91.2 cm³/mol. The summed E-state index contributed by atoms with van der Waals surface area (Å²) >= 11 is 3.01. The van der Waals surface area contributed by atoms with Crippen molar-refractivity contribution in [3.63, 3.8) is 0 Å². The molecule has 5 heteroatoms. The lowest BCUT2D eigenvalue weighted by Crippen LogP contribution is -1.94. The maximum absolute atomic E-state index is 8.40. The van der Waals surface area contributed by atoms with Crippen molar-refractivity contribution in [3.8, 4) is 24.7 Å². The van der Waals surface area contributed by atoms with Gasteiger partial charge in [0, 0.05) is 26.4 Å². The van der Waals surface area contributed by atoms with Gasteiger partial charge in [-0.25, -0.2) is 0 Å². The standard InChI is InChI=1S/C8H14O2.C5H12O2.C3H3Br/c1-2-7-10-8-5-3-4-6-9;6-4-2-1-3-5-7;1-2-3-4/h1,9H,3-8H2;6-7H,1-5H2;1H,3H2. The summed E-state index contributed by atoms with van der Waals surface area (Å²) in [7, 11) is 0. The number of hydrogen-bond donors (Lipinski definition) is 3. The second-order valence-electron chi connectivity index (χ2n) is 3.89. The van der Waals surface area contributed by atoms with E-state index < -0.39 is 0 Å². The fourth-order valence-electron chi connectivity index (χ4n) is 1.02. The summed E-state index contributed by atoms with van der Waals surface area (Å²) in [5, 5.41) is 25.5. The second-order valence-corrected chi connectivity index (χ2v) is 4.45. The van der Waals surface area contributed by atoms with E-state index in [2.05, 4.69) is 27.8 Å². The van der Waals surface area contributed by atoms with Crippen molar-refractivity contribution in [2.45, 2.75) is 38.5 Å². The van der Waals surface area contributed by atoms with E-state index in [4.69, 9.17) is 32.9 Å². The smallest absolute Gasteiger partial charge is 0.107 e. The number of ether oxygens (including phenoxy) is 1. The van der Waals surface area contributed by atoms with Crippen LogP contribution in [0.5, 0.6) is 0 Å². The van der Waals surface area contributed by atoms with Crippen LogP contribution in [-0.2, 0) is 4.74 Å². The third-order valence-corrected chi connectivity index (χ3v) is 2.35. The molecular weight excluding hydrogens is 336 g/mol. The highest BCUT2D eigenvalue weighted by atomic mass is 79.9. The molecule has 0 aliphatic rings. The van der Waals surface area contributed by atoms with Crippen LogP contribution < -0.4 is 0 Å². The van der Waals surface area contributed by atoms with Crippen LogP contribution in [0.1, 0.15) is 38.5 Å². The lowest BCUT2D eigenvalue weighted by atomic mass is 10.2. The monoisotopic (exact) mass is 364 g/mol. The molecule has 0 aliphatic carbocycles. The third kappa shape index (κ3) is 45.2. The van der Waals surface area contributed by atoms with Crippen LogP contribution >= 0.6 is 15.9 Å². The Bertz CT molecular complexity index is 229. The van der Waals surface area contributed by atoms with E-state index in [1.165, 1.54) is 0 Å². The molecule has 0 heterocycles. The third-order valence-electron chi connectivity index (χ3n) is 2.03. The molecule has 3 N–H and O–H groups in total.